The smallest absolute Gasteiger partial charge is 0.254 e. The van der Waals surface area contributed by atoms with Crippen LogP contribution in [-0.2, 0) is 0 Å². The average Bonchev–Trinajstić information content (AvgIpc) is 2.91. The molecule has 2 aliphatic rings. The maximum Gasteiger partial charge on any atom is 0.254 e. The number of amides is 1. The molecule has 1 aliphatic carbocycles. The van der Waals surface area contributed by atoms with Gasteiger partial charge in [-0.25, -0.2) is 0 Å². The van der Waals surface area contributed by atoms with Gasteiger partial charge in [-0.1, -0.05) is 17.7 Å². The van der Waals surface area contributed by atoms with Gasteiger partial charge in [-0.15, -0.1) is 12.4 Å². The second kappa shape index (κ2) is 5.74. The van der Waals surface area contributed by atoms with E-state index in [0.29, 0.717) is 17.9 Å². The zero-order valence-corrected chi connectivity index (χ0v) is 13.0. The van der Waals surface area contributed by atoms with E-state index in [1.54, 1.807) is 0 Å². The minimum Gasteiger partial charge on any atom is -0.338 e. The molecular formula is C16H23ClN2O. The maximum atomic E-state index is 12.6. The Hall–Kier alpha value is -1.06. The minimum absolute atomic E-state index is 0. The summed E-state index contributed by atoms with van der Waals surface area (Å²) < 4.78 is 0. The third-order valence-corrected chi connectivity index (χ3v) is 4.81. The molecule has 3 nitrogen and oxygen atoms in total. The fourth-order valence-corrected chi connectivity index (χ4v) is 3.70. The van der Waals surface area contributed by atoms with E-state index in [1.807, 2.05) is 24.0 Å². The van der Waals surface area contributed by atoms with Gasteiger partial charge < -0.3 is 10.6 Å². The molecule has 3 atom stereocenters. The molecule has 1 aromatic carbocycles. The van der Waals surface area contributed by atoms with Crippen molar-refractivity contribution in [2.24, 2.45) is 17.6 Å². The Morgan fingerprint density at radius 2 is 2.00 bits per heavy atom. The summed E-state index contributed by atoms with van der Waals surface area (Å²) >= 11 is 0. The molecular weight excluding hydrogens is 272 g/mol. The van der Waals surface area contributed by atoms with Crippen LogP contribution in [0.25, 0.3) is 0 Å². The Labute approximate surface area is 126 Å². The summed E-state index contributed by atoms with van der Waals surface area (Å²) in [6.07, 6.45) is 2.31. The van der Waals surface area contributed by atoms with E-state index < -0.39 is 0 Å². The highest BCUT2D eigenvalue weighted by Crippen LogP contribution is 2.37. The number of hydrogen-bond donors (Lipinski definition) is 1. The van der Waals surface area contributed by atoms with E-state index in [0.717, 1.165) is 30.6 Å². The fourth-order valence-electron chi connectivity index (χ4n) is 3.70. The Balaban J connectivity index is 0.00000147. The molecule has 1 aromatic rings. The molecule has 1 saturated heterocycles. The maximum absolute atomic E-state index is 12.6. The van der Waals surface area contributed by atoms with E-state index in [1.165, 1.54) is 12.0 Å². The SMILES string of the molecule is Cc1ccc(C(=O)N2CC3CCC(N)C3C2)c(C)c1.Cl. The lowest BCUT2D eigenvalue weighted by molar-refractivity contribution is 0.0779. The molecule has 110 valence electrons. The van der Waals surface area contributed by atoms with Gasteiger partial charge >= 0.3 is 0 Å². The van der Waals surface area contributed by atoms with E-state index in [9.17, 15) is 4.79 Å². The highest BCUT2D eigenvalue weighted by Gasteiger charge is 2.42. The number of nitrogens with zero attached hydrogens (tertiary/aromatic N) is 1. The first-order valence-corrected chi connectivity index (χ1v) is 7.18. The third kappa shape index (κ3) is 2.57. The van der Waals surface area contributed by atoms with Crippen molar-refractivity contribution < 1.29 is 4.79 Å². The van der Waals surface area contributed by atoms with E-state index >= 15 is 0 Å². The molecule has 20 heavy (non-hydrogen) atoms. The summed E-state index contributed by atoms with van der Waals surface area (Å²) in [5, 5.41) is 0. The van der Waals surface area contributed by atoms with Crippen LogP contribution in [0.4, 0.5) is 0 Å². The topological polar surface area (TPSA) is 46.3 Å². The quantitative estimate of drug-likeness (QED) is 0.865. The van der Waals surface area contributed by atoms with E-state index in [2.05, 4.69) is 13.0 Å². The largest absolute Gasteiger partial charge is 0.338 e. The van der Waals surface area contributed by atoms with Crippen LogP contribution in [0.1, 0.15) is 34.3 Å². The van der Waals surface area contributed by atoms with Crippen molar-refractivity contribution in [3.8, 4) is 0 Å². The zero-order chi connectivity index (χ0) is 13.6. The second-order valence-corrected chi connectivity index (χ2v) is 6.19. The summed E-state index contributed by atoms with van der Waals surface area (Å²) in [5.74, 6) is 1.33. The van der Waals surface area contributed by atoms with Crippen LogP contribution in [0, 0.1) is 25.7 Å². The molecule has 2 N–H and O–H groups in total. The van der Waals surface area contributed by atoms with Crippen molar-refractivity contribution in [1.29, 1.82) is 0 Å². The van der Waals surface area contributed by atoms with Crippen LogP contribution in [0.3, 0.4) is 0 Å². The Bertz CT molecular complexity index is 517. The van der Waals surface area contributed by atoms with E-state index in [-0.39, 0.29) is 18.3 Å². The molecule has 1 amide bonds. The Kier molecular flexibility index (Phi) is 4.40. The van der Waals surface area contributed by atoms with Gasteiger partial charge in [0.05, 0.1) is 0 Å². The number of carbonyl (C=O) groups excluding carboxylic acids is 1. The average molecular weight is 295 g/mol. The van der Waals surface area contributed by atoms with Crippen LogP contribution in [-0.4, -0.2) is 29.9 Å². The number of likely N-dealkylation sites (tertiary alicyclic amines) is 1. The number of nitrogens with two attached hydrogens (primary N) is 1. The number of halogens is 1. The van der Waals surface area contributed by atoms with Crippen molar-refractivity contribution in [2.45, 2.75) is 32.7 Å². The highest BCUT2D eigenvalue weighted by molar-refractivity contribution is 5.96. The summed E-state index contributed by atoms with van der Waals surface area (Å²) in [4.78, 5) is 14.6. The van der Waals surface area contributed by atoms with Gasteiger partial charge in [0.25, 0.3) is 5.91 Å². The molecule has 0 spiro atoms. The number of fused-ring (bicyclic) bond motifs is 1. The molecule has 0 bridgehead atoms. The first kappa shape index (κ1) is 15.3. The molecule has 0 radical (unpaired) electrons. The monoisotopic (exact) mass is 294 g/mol. The number of rotatable bonds is 1. The Morgan fingerprint density at radius 3 is 2.65 bits per heavy atom. The van der Waals surface area contributed by atoms with Crippen molar-refractivity contribution in [3.05, 3.63) is 34.9 Å². The van der Waals surface area contributed by atoms with Gasteiger partial charge in [0.2, 0.25) is 0 Å². The molecule has 0 aromatic heterocycles. The fraction of sp³-hybridized carbons (Fsp3) is 0.562. The number of hydrogen-bond acceptors (Lipinski definition) is 2. The molecule has 1 saturated carbocycles. The van der Waals surface area contributed by atoms with Gasteiger partial charge in [0.15, 0.2) is 0 Å². The predicted octanol–water partition coefficient (Wildman–Crippen LogP) is 2.53. The second-order valence-electron chi connectivity index (χ2n) is 6.19. The number of benzene rings is 1. The lowest BCUT2D eigenvalue weighted by atomic mass is 9.98. The van der Waals surface area contributed by atoms with Crippen molar-refractivity contribution in [2.75, 3.05) is 13.1 Å². The van der Waals surface area contributed by atoms with Gasteiger partial charge in [-0.2, -0.15) is 0 Å². The summed E-state index contributed by atoms with van der Waals surface area (Å²) in [6.45, 7) is 5.81. The predicted molar refractivity (Wildman–Crippen MR) is 83.3 cm³/mol. The first-order valence-electron chi connectivity index (χ1n) is 7.18. The first-order chi connectivity index (χ1) is 9.06. The molecule has 3 unspecified atom stereocenters. The van der Waals surface area contributed by atoms with Gasteiger partial charge in [-0.05, 0) is 50.2 Å². The summed E-state index contributed by atoms with van der Waals surface area (Å²) in [6, 6.07) is 6.35. The number of carbonyl (C=O) groups is 1. The van der Waals surface area contributed by atoms with Gasteiger partial charge in [-0.3, -0.25) is 4.79 Å². The van der Waals surface area contributed by atoms with Crippen molar-refractivity contribution in [1.82, 2.24) is 4.90 Å². The molecule has 2 fully saturated rings. The van der Waals surface area contributed by atoms with Crippen LogP contribution in [0.2, 0.25) is 0 Å². The molecule has 3 rings (SSSR count). The Morgan fingerprint density at radius 1 is 1.25 bits per heavy atom. The van der Waals surface area contributed by atoms with Crippen LogP contribution in [0.5, 0.6) is 0 Å². The molecule has 1 heterocycles. The van der Waals surface area contributed by atoms with E-state index in [4.69, 9.17) is 5.73 Å². The van der Waals surface area contributed by atoms with Crippen molar-refractivity contribution >= 4 is 18.3 Å². The third-order valence-electron chi connectivity index (χ3n) is 4.81. The lowest BCUT2D eigenvalue weighted by Gasteiger charge is -2.20. The highest BCUT2D eigenvalue weighted by atomic mass is 35.5. The van der Waals surface area contributed by atoms with Gasteiger partial charge in [0, 0.05) is 24.7 Å². The van der Waals surface area contributed by atoms with Crippen molar-refractivity contribution in [3.63, 3.8) is 0 Å². The van der Waals surface area contributed by atoms with Crippen LogP contribution >= 0.6 is 12.4 Å². The van der Waals surface area contributed by atoms with Crippen LogP contribution in [0.15, 0.2) is 18.2 Å². The summed E-state index contributed by atoms with van der Waals surface area (Å²) in [5.41, 5.74) is 9.26. The number of aryl methyl sites for hydroxylation is 2. The normalized spacial score (nSPS) is 28.1. The zero-order valence-electron chi connectivity index (χ0n) is 12.1. The van der Waals surface area contributed by atoms with Gasteiger partial charge in [0.1, 0.15) is 0 Å². The van der Waals surface area contributed by atoms with Crippen LogP contribution < -0.4 is 5.73 Å². The lowest BCUT2D eigenvalue weighted by Crippen LogP contribution is -2.33. The molecule has 1 aliphatic heterocycles. The standard InChI is InChI=1S/C16H22N2O.ClH/c1-10-3-5-13(11(2)7-10)16(19)18-8-12-4-6-15(17)14(12)9-18;/h3,5,7,12,14-15H,4,6,8-9,17H2,1-2H3;1H. The summed E-state index contributed by atoms with van der Waals surface area (Å²) in [7, 11) is 0. The minimum atomic E-state index is 0. The molecule has 4 heteroatoms.